The van der Waals surface area contributed by atoms with Crippen LogP contribution in [0, 0.1) is 5.92 Å². The predicted octanol–water partition coefficient (Wildman–Crippen LogP) is 1.88. The zero-order valence-electron chi connectivity index (χ0n) is 14.7. The minimum absolute atomic E-state index is 0.149. The van der Waals surface area contributed by atoms with Gasteiger partial charge in [-0.2, -0.15) is 8.42 Å². The Hall–Kier alpha value is -1.32. The van der Waals surface area contributed by atoms with Crippen molar-refractivity contribution in [3.8, 4) is 0 Å². The molecule has 1 heterocycles. The molecule has 1 aliphatic rings. The quantitative estimate of drug-likeness (QED) is 0.292. The minimum atomic E-state index is -3.99. The molecule has 1 fully saturated rings. The van der Waals surface area contributed by atoms with Gasteiger partial charge in [0.2, 0.25) is 0 Å². The number of carbonyl (C=O) groups excluding carboxylic acids is 2. The number of rotatable bonds is 6. The van der Waals surface area contributed by atoms with Crippen LogP contribution in [0.15, 0.2) is 12.7 Å². The number of hydrogen-bond donors (Lipinski definition) is 0. The molecule has 3 atom stereocenters. The molecule has 0 aliphatic carbocycles. The van der Waals surface area contributed by atoms with E-state index in [-0.39, 0.29) is 13.0 Å². The maximum atomic E-state index is 12.5. The third-order valence-electron chi connectivity index (χ3n) is 3.51. The molecule has 1 amide bonds. The van der Waals surface area contributed by atoms with Gasteiger partial charge in [0.15, 0.2) is 0 Å². The fourth-order valence-electron chi connectivity index (χ4n) is 2.60. The van der Waals surface area contributed by atoms with E-state index in [1.165, 1.54) is 13.2 Å². The number of allylic oxidation sites excluding steroid dienone is 1. The number of hydrogen-bond acceptors (Lipinski definition) is 7. The summed E-state index contributed by atoms with van der Waals surface area (Å²) in [6.07, 6.45) is 0.0365. The number of amides is 1. The van der Waals surface area contributed by atoms with Gasteiger partial charge in [-0.3, -0.25) is 9.08 Å². The van der Waals surface area contributed by atoms with Gasteiger partial charge in [-0.25, -0.2) is 9.59 Å². The van der Waals surface area contributed by atoms with Crippen molar-refractivity contribution in [2.24, 2.45) is 5.92 Å². The van der Waals surface area contributed by atoms with Gasteiger partial charge in [0.1, 0.15) is 23.0 Å². The molecule has 144 valence electrons. The number of alkyl halides is 1. The van der Waals surface area contributed by atoms with Crippen molar-refractivity contribution in [1.82, 2.24) is 4.90 Å². The molecular formula is C15H24ClNO7S. The van der Waals surface area contributed by atoms with E-state index in [9.17, 15) is 18.0 Å². The summed E-state index contributed by atoms with van der Waals surface area (Å²) in [5, 5.41) is -0.736. The Morgan fingerprint density at radius 3 is 2.40 bits per heavy atom. The molecule has 0 bridgehead atoms. The van der Waals surface area contributed by atoms with E-state index in [2.05, 4.69) is 6.58 Å². The van der Waals surface area contributed by atoms with Crippen LogP contribution in [-0.2, 0) is 28.6 Å². The average molecular weight is 398 g/mol. The highest BCUT2D eigenvalue weighted by Gasteiger charge is 2.51. The smallest absolute Gasteiger partial charge is 0.411 e. The second-order valence-corrected chi connectivity index (χ2v) is 8.77. The minimum Gasteiger partial charge on any atom is -0.467 e. The molecule has 1 rings (SSSR count). The molecular weight excluding hydrogens is 374 g/mol. The van der Waals surface area contributed by atoms with Crippen LogP contribution in [0.4, 0.5) is 4.79 Å². The van der Waals surface area contributed by atoms with Crippen LogP contribution in [0.25, 0.3) is 0 Å². The first-order chi connectivity index (χ1) is 11.5. The Kier molecular flexibility index (Phi) is 7.28. The van der Waals surface area contributed by atoms with Gasteiger partial charge in [-0.15, -0.1) is 18.2 Å². The van der Waals surface area contributed by atoms with Crippen LogP contribution >= 0.6 is 11.6 Å². The third kappa shape index (κ3) is 5.86. The average Bonchev–Trinajstić information content (AvgIpc) is 2.83. The molecule has 0 aromatic rings. The van der Waals surface area contributed by atoms with Gasteiger partial charge in [0.25, 0.3) is 10.1 Å². The Morgan fingerprint density at radius 2 is 1.96 bits per heavy atom. The molecule has 8 nitrogen and oxygen atoms in total. The van der Waals surface area contributed by atoms with E-state index in [1.807, 2.05) is 0 Å². The summed E-state index contributed by atoms with van der Waals surface area (Å²) in [6, 6.07) is -1.05. The molecule has 1 aliphatic heterocycles. The summed E-state index contributed by atoms with van der Waals surface area (Å²) >= 11 is 5.38. The third-order valence-corrected chi connectivity index (χ3v) is 5.12. The largest absolute Gasteiger partial charge is 0.467 e. The van der Waals surface area contributed by atoms with Crippen LogP contribution in [-0.4, -0.2) is 62.0 Å². The van der Waals surface area contributed by atoms with E-state index < -0.39 is 51.1 Å². The first-order valence-electron chi connectivity index (χ1n) is 7.61. The van der Waals surface area contributed by atoms with E-state index in [0.29, 0.717) is 0 Å². The highest BCUT2D eigenvalue weighted by molar-refractivity contribution is 7.87. The molecule has 0 spiro atoms. The van der Waals surface area contributed by atoms with E-state index in [1.54, 1.807) is 20.8 Å². The zero-order chi connectivity index (χ0) is 19.4. The molecule has 0 unspecified atom stereocenters. The molecule has 0 N–H and O–H groups in total. The van der Waals surface area contributed by atoms with Crippen molar-refractivity contribution in [1.29, 1.82) is 0 Å². The lowest BCUT2D eigenvalue weighted by molar-refractivity contribution is -0.147. The zero-order valence-corrected chi connectivity index (χ0v) is 16.3. The van der Waals surface area contributed by atoms with Gasteiger partial charge in [-0.1, -0.05) is 6.08 Å². The van der Waals surface area contributed by atoms with Crippen molar-refractivity contribution in [2.75, 3.05) is 18.9 Å². The molecule has 25 heavy (non-hydrogen) atoms. The summed E-state index contributed by atoms with van der Waals surface area (Å²) in [5.41, 5.74) is -0.785. The van der Waals surface area contributed by atoms with Crippen molar-refractivity contribution in [2.45, 2.75) is 44.9 Å². The van der Waals surface area contributed by atoms with Gasteiger partial charge in [-0.05, 0) is 27.2 Å². The highest BCUT2D eigenvalue weighted by atomic mass is 35.5. The number of carbonyl (C=O) groups is 2. The van der Waals surface area contributed by atoms with Crippen LogP contribution < -0.4 is 0 Å². The fourth-order valence-corrected chi connectivity index (χ4v) is 3.38. The highest BCUT2D eigenvalue weighted by Crippen LogP contribution is 2.33. The standard InChI is InChI=1S/C15H24ClNO7S/c1-6-7-10-11(24-25(20,21)9-16)8-17(12(10)13(18)22-5)14(19)23-15(2,3)4/h6,10-12H,1,7-9H2,2-5H3/t10-,11-,12+/m1/s1. The maximum absolute atomic E-state index is 12.5. The monoisotopic (exact) mass is 397 g/mol. The maximum Gasteiger partial charge on any atom is 0.411 e. The lowest BCUT2D eigenvalue weighted by Gasteiger charge is -2.28. The molecule has 0 aromatic heterocycles. The first kappa shape index (κ1) is 21.7. The van der Waals surface area contributed by atoms with Crippen LogP contribution in [0.2, 0.25) is 0 Å². The SMILES string of the molecule is C=CC[C@H]1[C@@H](C(=O)OC)N(C(=O)OC(C)(C)C)C[C@H]1OS(=O)(=O)CCl. The summed E-state index contributed by atoms with van der Waals surface area (Å²) in [5.74, 6) is -1.34. The van der Waals surface area contributed by atoms with Gasteiger partial charge < -0.3 is 9.47 Å². The van der Waals surface area contributed by atoms with Crippen molar-refractivity contribution >= 4 is 33.8 Å². The first-order valence-corrected chi connectivity index (χ1v) is 9.72. The number of halogens is 1. The van der Waals surface area contributed by atoms with Crippen molar-refractivity contribution in [3.05, 3.63) is 12.7 Å². The Morgan fingerprint density at radius 1 is 1.36 bits per heavy atom. The fraction of sp³-hybridized carbons (Fsp3) is 0.733. The number of esters is 1. The van der Waals surface area contributed by atoms with E-state index in [4.69, 9.17) is 25.3 Å². The number of nitrogens with zero attached hydrogens (tertiary/aromatic N) is 1. The van der Waals surface area contributed by atoms with Crippen molar-refractivity contribution in [3.63, 3.8) is 0 Å². The summed E-state index contributed by atoms with van der Waals surface area (Å²) < 4.78 is 38.6. The molecule has 1 saturated heterocycles. The summed E-state index contributed by atoms with van der Waals surface area (Å²) in [7, 11) is -2.81. The van der Waals surface area contributed by atoms with Crippen LogP contribution in [0.1, 0.15) is 27.2 Å². The Balaban J connectivity index is 3.19. The lowest BCUT2D eigenvalue weighted by atomic mass is 9.94. The van der Waals surface area contributed by atoms with Crippen LogP contribution in [0.3, 0.4) is 0 Å². The number of methoxy groups -OCH3 is 1. The van der Waals surface area contributed by atoms with E-state index in [0.717, 1.165) is 4.90 Å². The molecule has 0 saturated carbocycles. The Bertz CT molecular complexity index is 614. The van der Waals surface area contributed by atoms with E-state index >= 15 is 0 Å². The van der Waals surface area contributed by atoms with Crippen LogP contribution in [0.5, 0.6) is 0 Å². The molecule has 0 aromatic carbocycles. The Labute approximate surface area is 153 Å². The van der Waals surface area contributed by atoms with Gasteiger partial charge >= 0.3 is 12.1 Å². The number of ether oxygens (including phenoxy) is 2. The lowest BCUT2D eigenvalue weighted by Crippen LogP contribution is -2.46. The van der Waals surface area contributed by atoms with Gasteiger partial charge in [0, 0.05) is 5.92 Å². The second kappa shape index (κ2) is 8.37. The molecule has 0 radical (unpaired) electrons. The van der Waals surface area contributed by atoms with Crippen molar-refractivity contribution < 1.29 is 31.7 Å². The second-order valence-electron chi connectivity index (χ2n) is 6.59. The predicted molar refractivity (Wildman–Crippen MR) is 91.6 cm³/mol. The summed E-state index contributed by atoms with van der Waals surface area (Å²) in [4.78, 5) is 25.8. The summed E-state index contributed by atoms with van der Waals surface area (Å²) in [6.45, 7) is 8.50. The molecule has 10 heteroatoms. The number of likely N-dealkylation sites (tertiary alicyclic amines) is 1. The van der Waals surface area contributed by atoms with Gasteiger partial charge in [0.05, 0.1) is 13.7 Å². The topological polar surface area (TPSA) is 99.2 Å². The normalized spacial score (nSPS) is 24.0.